The minimum atomic E-state index is 0.650. The molecule has 0 heteroatoms. The molecule has 82 valence electrons. The van der Waals surface area contributed by atoms with Crippen molar-refractivity contribution < 1.29 is 0 Å². The lowest BCUT2D eigenvalue weighted by molar-refractivity contribution is 0.441. The summed E-state index contributed by atoms with van der Waals surface area (Å²) >= 11 is 0. The minimum absolute atomic E-state index is 0.650. The number of hydrogen-bond acceptors (Lipinski definition) is 0. The van der Waals surface area contributed by atoms with Crippen molar-refractivity contribution in [3.63, 3.8) is 0 Å². The molecule has 0 heterocycles. The Morgan fingerprint density at radius 3 is 2.56 bits per heavy atom. The Labute approximate surface area is 97.7 Å². The number of hydrogen-bond donors (Lipinski definition) is 0. The van der Waals surface area contributed by atoms with E-state index in [1.54, 1.807) is 11.1 Å². The number of benzene rings is 1. The van der Waals surface area contributed by atoms with Crippen LogP contribution in [0.2, 0.25) is 0 Å². The largest absolute Gasteiger partial charge is 0.103 e. The van der Waals surface area contributed by atoms with E-state index in [9.17, 15) is 0 Å². The van der Waals surface area contributed by atoms with Crippen LogP contribution in [0.3, 0.4) is 0 Å². The molecule has 1 aromatic carbocycles. The molecule has 0 spiro atoms. The van der Waals surface area contributed by atoms with Gasteiger partial charge in [-0.2, -0.15) is 0 Å². The highest BCUT2D eigenvalue weighted by Crippen LogP contribution is 2.54. The van der Waals surface area contributed by atoms with Gasteiger partial charge in [-0.1, -0.05) is 36.4 Å². The number of rotatable bonds is 2. The molecule has 3 rings (SSSR count). The smallest absolute Gasteiger partial charge is 0.00590 e. The Morgan fingerprint density at radius 1 is 1.06 bits per heavy atom. The molecule has 0 aromatic heterocycles. The summed E-state index contributed by atoms with van der Waals surface area (Å²) in [7, 11) is 0. The van der Waals surface area contributed by atoms with Gasteiger partial charge < -0.3 is 0 Å². The quantitative estimate of drug-likeness (QED) is 0.648. The van der Waals surface area contributed by atoms with E-state index in [1.165, 1.54) is 12.8 Å². The zero-order chi connectivity index (χ0) is 11.1. The first-order valence-corrected chi connectivity index (χ1v) is 6.18. The predicted octanol–water partition coefficient (Wildman–Crippen LogP) is 3.95. The predicted molar refractivity (Wildman–Crippen MR) is 68.4 cm³/mol. The molecule has 0 N–H and O–H groups in total. The second-order valence-corrected chi connectivity index (χ2v) is 5.13. The van der Waals surface area contributed by atoms with Crippen molar-refractivity contribution in [2.75, 3.05) is 0 Å². The summed E-state index contributed by atoms with van der Waals surface area (Å²) in [5, 5.41) is 0. The number of allylic oxidation sites excluding steroid dienone is 2. The monoisotopic (exact) mass is 210 g/mol. The molecule has 0 nitrogen and oxygen atoms in total. The fourth-order valence-electron chi connectivity index (χ4n) is 3.77. The van der Waals surface area contributed by atoms with E-state index in [2.05, 4.69) is 49.6 Å². The van der Waals surface area contributed by atoms with Gasteiger partial charge in [0.05, 0.1) is 0 Å². The summed E-state index contributed by atoms with van der Waals surface area (Å²) < 4.78 is 0. The topological polar surface area (TPSA) is 0 Å². The van der Waals surface area contributed by atoms with Gasteiger partial charge in [0.15, 0.2) is 0 Å². The van der Waals surface area contributed by atoms with E-state index in [0.29, 0.717) is 17.8 Å². The molecular formula is C16H18. The van der Waals surface area contributed by atoms with Crippen LogP contribution in [0.15, 0.2) is 49.6 Å². The minimum Gasteiger partial charge on any atom is -0.103 e. The highest BCUT2D eigenvalue weighted by molar-refractivity contribution is 5.39. The lowest BCUT2D eigenvalue weighted by atomic mass is 9.87. The average Bonchev–Trinajstić information content (AvgIpc) is 2.85. The molecular weight excluding hydrogens is 192 g/mol. The second-order valence-electron chi connectivity index (χ2n) is 5.13. The van der Waals surface area contributed by atoms with Crippen molar-refractivity contribution in [3.05, 3.63) is 60.7 Å². The fraction of sp³-hybridized carbons (Fsp3) is 0.375. The van der Waals surface area contributed by atoms with Crippen LogP contribution < -0.4 is 0 Å². The van der Waals surface area contributed by atoms with Crippen molar-refractivity contribution in [3.8, 4) is 0 Å². The molecule has 1 saturated carbocycles. The van der Waals surface area contributed by atoms with Gasteiger partial charge in [0.2, 0.25) is 0 Å². The standard InChI is InChI=1S/C16H18/c1-3-11-9-12(4-2)16-14-8-6-5-7-13(14)10-15(11)16/h3-8,11-12,15-16H,1-2,9-10H2. The van der Waals surface area contributed by atoms with Crippen molar-refractivity contribution in [1.82, 2.24) is 0 Å². The average molecular weight is 210 g/mol. The Kier molecular flexibility index (Phi) is 2.24. The van der Waals surface area contributed by atoms with E-state index >= 15 is 0 Å². The lowest BCUT2D eigenvalue weighted by Crippen LogP contribution is -2.09. The normalized spacial score (nSPS) is 35.5. The van der Waals surface area contributed by atoms with Crippen LogP contribution in [-0.2, 0) is 6.42 Å². The van der Waals surface area contributed by atoms with E-state index in [1.807, 2.05) is 0 Å². The van der Waals surface area contributed by atoms with Crippen molar-refractivity contribution in [1.29, 1.82) is 0 Å². The Bertz CT molecular complexity index is 429. The SMILES string of the molecule is C=CC1CC(C=C)C2c3ccccc3CC12. The highest BCUT2D eigenvalue weighted by atomic mass is 14.5. The van der Waals surface area contributed by atoms with Crippen molar-refractivity contribution >= 4 is 0 Å². The van der Waals surface area contributed by atoms with Gasteiger partial charge in [-0.3, -0.25) is 0 Å². The maximum Gasteiger partial charge on any atom is -0.00590 e. The van der Waals surface area contributed by atoms with Gasteiger partial charge in [0.25, 0.3) is 0 Å². The Morgan fingerprint density at radius 2 is 1.81 bits per heavy atom. The van der Waals surface area contributed by atoms with Gasteiger partial charge in [-0.25, -0.2) is 0 Å². The molecule has 0 amide bonds. The van der Waals surface area contributed by atoms with Gasteiger partial charge in [0.1, 0.15) is 0 Å². The molecule has 0 bridgehead atoms. The van der Waals surface area contributed by atoms with Crippen LogP contribution in [0.4, 0.5) is 0 Å². The third-order valence-corrected chi connectivity index (χ3v) is 4.49. The van der Waals surface area contributed by atoms with Gasteiger partial charge in [-0.05, 0) is 47.6 Å². The summed E-state index contributed by atoms with van der Waals surface area (Å²) in [4.78, 5) is 0. The summed E-state index contributed by atoms with van der Waals surface area (Å²) in [6, 6.07) is 8.92. The third-order valence-electron chi connectivity index (χ3n) is 4.49. The molecule has 4 atom stereocenters. The van der Waals surface area contributed by atoms with E-state index in [0.717, 1.165) is 5.92 Å². The van der Waals surface area contributed by atoms with E-state index in [-0.39, 0.29) is 0 Å². The zero-order valence-electron chi connectivity index (χ0n) is 9.60. The highest BCUT2D eigenvalue weighted by Gasteiger charge is 2.45. The molecule has 2 aliphatic carbocycles. The maximum atomic E-state index is 4.01. The third kappa shape index (κ3) is 1.22. The summed E-state index contributed by atoms with van der Waals surface area (Å²) in [6.45, 7) is 8.01. The molecule has 0 radical (unpaired) electrons. The van der Waals surface area contributed by atoms with Crippen molar-refractivity contribution in [2.24, 2.45) is 17.8 Å². The van der Waals surface area contributed by atoms with Crippen LogP contribution in [-0.4, -0.2) is 0 Å². The van der Waals surface area contributed by atoms with E-state index < -0.39 is 0 Å². The van der Waals surface area contributed by atoms with E-state index in [4.69, 9.17) is 0 Å². The van der Waals surface area contributed by atoms with Crippen molar-refractivity contribution in [2.45, 2.75) is 18.8 Å². The van der Waals surface area contributed by atoms with Crippen LogP contribution >= 0.6 is 0 Å². The first-order valence-electron chi connectivity index (χ1n) is 6.18. The molecule has 0 saturated heterocycles. The summed E-state index contributed by atoms with van der Waals surface area (Å²) in [6.07, 6.45) is 6.80. The molecule has 16 heavy (non-hydrogen) atoms. The first-order chi connectivity index (χ1) is 7.85. The Hall–Kier alpha value is -1.30. The summed E-state index contributed by atoms with van der Waals surface area (Å²) in [5.74, 6) is 2.81. The van der Waals surface area contributed by atoms with Crippen LogP contribution in [0.5, 0.6) is 0 Å². The zero-order valence-corrected chi connectivity index (χ0v) is 9.60. The summed E-state index contributed by atoms with van der Waals surface area (Å²) in [5.41, 5.74) is 3.12. The maximum absolute atomic E-state index is 4.01. The van der Waals surface area contributed by atoms with Gasteiger partial charge in [-0.15, -0.1) is 13.2 Å². The fourth-order valence-corrected chi connectivity index (χ4v) is 3.77. The molecule has 4 unspecified atom stereocenters. The van der Waals surface area contributed by atoms with Crippen LogP contribution in [0.1, 0.15) is 23.5 Å². The number of fused-ring (bicyclic) bond motifs is 3. The molecule has 0 aliphatic heterocycles. The lowest BCUT2D eigenvalue weighted by Gasteiger charge is -2.16. The van der Waals surface area contributed by atoms with Gasteiger partial charge >= 0.3 is 0 Å². The molecule has 1 fully saturated rings. The van der Waals surface area contributed by atoms with Crippen LogP contribution in [0, 0.1) is 17.8 Å². The van der Waals surface area contributed by atoms with Crippen LogP contribution in [0.25, 0.3) is 0 Å². The Balaban J connectivity index is 2.05. The van der Waals surface area contributed by atoms with Gasteiger partial charge in [0, 0.05) is 0 Å². The first kappa shape index (κ1) is 9.89. The second kappa shape index (κ2) is 3.62. The molecule has 1 aromatic rings. The molecule has 2 aliphatic rings.